The molecule has 4 rings (SSSR count). The van der Waals surface area contributed by atoms with Crippen LogP contribution in [0, 0.1) is 17.8 Å². The van der Waals surface area contributed by atoms with Crippen LogP contribution in [-0.4, -0.2) is 38.6 Å². The van der Waals surface area contributed by atoms with Gasteiger partial charge in [-0.1, -0.05) is 0 Å². The fourth-order valence-corrected chi connectivity index (χ4v) is 4.76. The second kappa shape index (κ2) is 6.11. The lowest BCUT2D eigenvalue weighted by Gasteiger charge is -2.30. The Morgan fingerprint density at radius 3 is 3.00 bits per heavy atom. The van der Waals surface area contributed by atoms with Crippen LogP contribution in [0.15, 0.2) is 0 Å². The Kier molecular flexibility index (Phi) is 3.97. The highest BCUT2D eigenvalue weighted by atomic mass is 16.3. The van der Waals surface area contributed by atoms with Crippen molar-refractivity contribution < 1.29 is 9.90 Å². The number of carbonyl (C=O) groups is 1. The lowest BCUT2D eigenvalue weighted by molar-refractivity contribution is 0.144. The Balaban J connectivity index is 1.33. The summed E-state index contributed by atoms with van der Waals surface area (Å²) in [5, 5.41) is 24.0. The molecule has 3 N–H and O–H groups in total. The monoisotopic (exact) mass is 319 g/mol. The number of fused-ring (bicyclic) bond motifs is 3. The lowest BCUT2D eigenvalue weighted by atomic mass is 9.85. The van der Waals surface area contributed by atoms with Crippen molar-refractivity contribution in [2.24, 2.45) is 17.8 Å². The van der Waals surface area contributed by atoms with Crippen LogP contribution in [0.4, 0.5) is 4.79 Å². The van der Waals surface area contributed by atoms with E-state index in [9.17, 15) is 9.90 Å². The van der Waals surface area contributed by atoms with Gasteiger partial charge in [-0.05, 0) is 43.9 Å². The van der Waals surface area contributed by atoms with E-state index < -0.39 is 0 Å². The minimum Gasteiger partial charge on any atom is -0.396 e. The third-order valence-corrected chi connectivity index (χ3v) is 5.94. The topological polar surface area (TPSA) is 92.1 Å². The van der Waals surface area contributed by atoms with Crippen LogP contribution < -0.4 is 10.6 Å². The Bertz CT molecular complexity index is 587. The van der Waals surface area contributed by atoms with Gasteiger partial charge in [-0.25, -0.2) is 4.79 Å². The largest absolute Gasteiger partial charge is 0.396 e. The van der Waals surface area contributed by atoms with E-state index in [1.54, 1.807) is 0 Å². The summed E-state index contributed by atoms with van der Waals surface area (Å²) < 4.78 is 2.12. The number of nitrogens with one attached hydrogen (secondary N) is 2. The van der Waals surface area contributed by atoms with E-state index in [0.717, 1.165) is 37.5 Å². The predicted octanol–water partition coefficient (Wildman–Crippen LogP) is 0.821. The molecule has 3 aliphatic rings. The van der Waals surface area contributed by atoms with Gasteiger partial charge in [0.25, 0.3) is 0 Å². The van der Waals surface area contributed by atoms with Crippen molar-refractivity contribution in [1.82, 2.24) is 25.4 Å². The molecule has 2 saturated carbocycles. The number of hydrogen-bond acceptors (Lipinski definition) is 4. The molecule has 2 amide bonds. The lowest BCUT2D eigenvalue weighted by Crippen LogP contribution is -2.49. The molecular weight excluding hydrogens is 294 g/mol. The molecule has 0 aromatic carbocycles. The Morgan fingerprint density at radius 1 is 1.26 bits per heavy atom. The SMILES string of the molecule is O=C(NCc1nnc2n1CCCC2)NC1C2CCC(C2)C1CO. The maximum absolute atomic E-state index is 12.2. The molecular formula is C16H25N5O2. The van der Waals surface area contributed by atoms with Gasteiger partial charge >= 0.3 is 6.03 Å². The van der Waals surface area contributed by atoms with Crippen LogP contribution in [0.5, 0.6) is 0 Å². The Labute approximate surface area is 135 Å². The van der Waals surface area contributed by atoms with Crippen LogP contribution in [-0.2, 0) is 19.5 Å². The number of amides is 2. The van der Waals surface area contributed by atoms with E-state index in [2.05, 4.69) is 25.4 Å². The molecule has 0 spiro atoms. The third-order valence-electron chi connectivity index (χ3n) is 5.94. The molecule has 23 heavy (non-hydrogen) atoms. The normalized spacial score (nSPS) is 31.9. The van der Waals surface area contributed by atoms with E-state index >= 15 is 0 Å². The van der Waals surface area contributed by atoms with Crippen molar-refractivity contribution in [3.05, 3.63) is 11.6 Å². The van der Waals surface area contributed by atoms with Gasteiger partial charge in [0.1, 0.15) is 5.82 Å². The van der Waals surface area contributed by atoms with Gasteiger partial charge in [0.05, 0.1) is 6.54 Å². The standard InChI is InChI=1S/C16H25N5O2/c22-9-12-10-4-5-11(7-10)15(12)18-16(23)17-8-14-20-19-13-3-1-2-6-21(13)14/h10-12,15,22H,1-9H2,(H2,17,18,23). The van der Waals surface area contributed by atoms with Crippen LogP contribution >= 0.6 is 0 Å². The van der Waals surface area contributed by atoms with Crippen molar-refractivity contribution >= 4 is 6.03 Å². The zero-order chi connectivity index (χ0) is 15.8. The van der Waals surface area contributed by atoms with Gasteiger partial charge in [0, 0.05) is 31.5 Å². The van der Waals surface area contributed by atoms with E-state index in [1.807, 2.05) is 0 Å². The molecule has 0 radical (unpaired) electrons. The fraction of sp³-hybridized carbons (Fsp3) is 0.812. The number of urea groups is 1. The summed E-state index contributed by atoms with van der Waals surface area (Å²) in [4.78, 5) is 12.2. The first-order valence-corrected chi connectivity index (χ1v) is 8.82. The molecule has 2 bridgehead atoms. The van der Waals surface area contributed by atoms with Gasteiger partial charge in [-0.15, -0.1) is 10.2 Å². The summed E-state index contributed by atoms with van der Waals surface area (Å²) in [6.45, 7) is 1.52. The summed E-state index contributed by atoms with van der Waals surface area (Å²) >= 11 is 0. The van der Waals surface area contributed by atoms with Gasteiger partial charge in [-0.3, -0.25) is 0 Å². The molecule has 4 unspecified atom stereocenters. The van der Waals surface area contributed by atoms with Crippen LogP contribution in [0.25, 0.3) is 0 Å². The number of aliphatic hydroxyl groups excluding tert-OH is 1. The van der Waals surface area contributed by atoms with E-state index in [4.69, 9.17) is 0 Å². The van der Waals surface area contributed by atoms with Crippen molar-refractivity contribution in [2.75, 3.05) is 6.61 Å². The van der Waals surface area contributed by atoms with Crippen molar-refractivity contribution in [2.45, 2.75) is 57.7 Å². The summed E-state index contributed by atoms with van der Waals surface area (Å²) in [5.41, 5.74) is 0. The van der Waals surface area contributed by atoms with Crippen LogP contribution in [0.3, 0.4) is 0 Å². The molecule has 126 valence electrons. The molecule has 4 atom stereocenters. The quantitative estimate of drug-likeness (QED) is 0.766. The molecule has 2 heterocycles. The number of aromatic nitrogens is 3. The maximum Gasteiger partial charge on any atom is 0.315 e. The summed E-state index contributed by atoms with van der Waals surface area (Å²) in [5.74, 6) is 3.20. The average molecular weight is 319 g/mol. The number of aryl methyl sites for hydroxylation is 1. The van der Waals surface area contributed by atoms with Crippen molar-refractivity contribution in [1.29, 1.82) is 0 Å². The number of rotatable bonds is 4. The van der Waals surface area contributed by atoms with Gasteiger partial charge in [0.15, 0.2) is 5.82 Å². The van der Waals surface area contributed by atoms with Gasteiger partial charge in [0.2, 0.25) is 0 Å². The maximum atomic E-state index is 12.2. The molecule has 7 nitrogen and oxygen atoms in total. The fourth-order valence-electron chi connectivity index (χ4n) is 4.76. The van der Waals surface area contributed by atoms with Crippen molar-refractivity contribution in [3.63, 3.8) is 0 Å². The zero-order valence-electron chi connectivity index (χ0n) is 13.4. The third kappa shape index (κ3) is 2.71. The number of hydrogen-bond donors (Lipinski definition) is 3. The highest BCUT2D eigenvalue weighted by Crippen LogP contribution is 2.48. The number of carbonyl (C=O) groups excluding carboxylic acids is 1. The molecule has 7 heteroatoms. The van der Waals surface area contributed by atoms with Gasteiger partial charge < -0.3 is 20.3 Å². The molecule has 1 aliphatic heterocycles. The van der Waals surface area contributed by atoms with Crippen LogP contribution in [0.2, 0.25) is 0 Å². The summed E-state index contributed by atoms with van der Waals surface area (Å²) in [6.07, 6.45) is 6.80. The van der Waals surface area contributed by atoms with Crippen LogP contribution in [0.1, 0.15) is 43.8 Å². The highest BCUT2D eigenvalue weighted by Gasteiger charge is 2.47. The minimum absolute atomic E-state index is 0.117. The Hall–Kier alpha value is -1.63. The van der Waals surface area contributed by atoms with E-state index in [1.165, 1.54) is 19.3 Å². The summed E-state index contributed by atoms with van der Waals surface area (Å²) in [7, 11) is 0. The van der Waals surface area contributed by atoms with Crippen molar-refractivity contribution in [3.8, 4) is 0 Å². The molecule has 2 aliphatic carbocycles. The van der Waals surface area contributed by atoms with E-state index in [-0.39, 0.29) is 24.6 Å². The smallest absolute Gasteiger partial charge is 0.315 e. The second-order valence-corrected chi connectivity index (χ2v) is 7.17. The summed E-state index contributed by atoms with van der Waals surface area (Å²) in [6, 6.07) is -0.0415. The van der Waals surface area contributed by atoms with Gasteiger partial charge in [-0.2, -0.15) is 0 Å². The first-order valence-electron chi connectivity index (χ1n) is 8.82. The van der Waals surface area contributed by atoms with E-state index in [0.29, 0.717) is 18.4 Å². The highest BCUT2D eigenvalue weighted by molar-refractivity contribution is 5.74. The predicted molar refractivity (Wildman–Crippen MR) is 83.5 cm³/mol. The second-order valence-electron chi connectivity index (χ2n) is 7.17. The molecule has 1 aromatic rings. The first-order chi connectivity index (χ1) is 11.3. The molecule has 0 saturated heterocycles. The minimum atomic E-state index is -0.158. The molecule has 2 fully saturated rings. The zero-order valence-corrected chi connectivity index (χ0v) is 13.4. The first kappa shape index (κ1) is 14.9. The Morgan fingerprint density at radius 2 is 2.13 bits per heavy atom. The molecule has 1 aromatic heterocycles. The average Bonchev–Trinajstić information content (AvgIpc) is 3.27. The number of aliphatic hydroxyl groups is 1. The number of nitrogens with zero attached hydrogens (tertiary/aromatic N) is 3.